The number of carboxylic acid groups (broad SMARTS) is 1. The van der Waals surface area contributed by atoms with Crippen molar-refractivity contribution in [2.24, 2.45) is 17.8 Å². The van der Waals surface area contributed by atoms with Crippen LogP contribution in [-0.2, 0) is 19.1 Å². The molecule has 1 saturated heterocycles. The highest BCUT2D eigenvalue weighted by Crippen LogP contribution is 2.58. The Hall–Kier alpha value is -2.66. The SMILES string of the molecule is O=C(O)C1[C@H](c2ccccc2)C(C(=O)OCC2CCOCC2)[C@H]1c1ccccc1. The van der Waals surface area contributed by atoms with Crippen molar-refractivity contribution in [3.63, 3.8) is 0 Å². The fourth-order valence-electron chi connectivity index (χ4n) is 4.74. The number of carbonyl (C=O) groups excluding carboxylic acids is 1. The lowest BCUT2D eigenvalue weighted by molar-refractivity contribution is -0.165. The van der Waals surface area contributed by atoms with Crippen LogP contribution < -0.4 is 0 Å². The van der Waals surface area contributed by atoms with E-state index in [-0.39, 0.29) is 17.8 Å². The Bertz CT molecular complexity index is 781. The molecule has 0 radical (unpaired) electrons. The van der Waals surface area contributed by atoms with E-state index in [0.717, 1.165) is 24.0 Å². The molecule has 5 nitrogen and oxygen atoms in total. The maximum atomic E-state index is 13.2. The molecule has 0 unspecified atom stereocenters. The first-order chi connectivity index (χ1) is 14.2. The molecule has 2 aliphatic rings. The topological polar surface area (TPSA) is 72.8 Å². The molecule has 2 aromatic rings. The van der Waals surface area contributed by atoms with Crippen molar-refractivity contribution in [1.82, 2.24) is 0 Å². The van der Waals surface area contributed by atoms with Crippen LogP contribution in [0.15, 0.2) is 60.7 Å². The van der Waals surface area contributed by atoms with E-state index >= 15 is 0 Å². The van der Waals surface area contributed by atoms with E-state index in [2.05, 4.69) is 0 Å². The summed E-state index contributed by atoms with van der Waals surface area (Å²) in [5, 5.41) is 9.96. The second kappa shape index (κ2) is 8.78. The van der Waals surface area contributed by atoms with Gasteiger partial charge in [0.15, 0.2) is 0 Å². The van der Waals surface area contributed by atoms with E-state index in [1.807, 2.05) is 60.7 Å². The molecular formula is C24H26O5. The van der Waals surface area contributed by atoms with Gasteiger partial charge in [0, 0.05) is 25.0 Å². The second-order valence-electron chi connectivity index (χ2n) is 7.95. The van der Waals surface area contributed by atoms with Gasteiger partial charge in [0.1, 0.15) is 0 Å². The van der Waals surface area contributed by atoms with Crippen LogP contribution in [0.3, 0.4) is 0 Å². The number of hydrogen-bond acceptors (Lipinski definition) is 4. The van der Waals surface area contributed by atoms with Gasteiger partial charge in [-0.3, -0.25) is 9.59 Å². The third-order valence-corrected chi connectivity index (χ3v) is 6.28. The van der Waals surface area contributed by atoms with Crippen molar-refractivity contribution in [2.75, 3.05) is 19.8 Å². The summed E-state index contributed by atoms with van der Waals surface area (Å²) in [6.07, 6.45) is 1.78. The monoisotopic (exact) mass is 394 g/mol. The van der Waals surface area contributed by atoms with Gasteiger partial charge >= 0.3 is 11.9 Å². The van der Waals surface area contributed by atoms with Gasteiger partial charge < -0.3 is 14.6 Å². The quantitative estimate of drug-likeness (QED) is 0.754. The maximum absolute atomic E-state index is 13.2. The molecule has 5 heteroatoms. The zero-order valence-corrected chi connectivity index (χ0v) is 16.3. The fraction of sp³-hybridized carbons (Fsp3) is 0.417. The summed E-state index contributed by atoms with van der Waals surface area (Å²) >= 11 is 0. The molecule has 0 spiro atoms. The van der Waals surface area contributed by atoms with Crippen LogP contribution in [-0.4, -0.2) is 36.9 Å². The minimum Gasteiger partial charge on any atom is -0.481 e. The van der Waals surface area contributed by atoms with Crippen LogP contribution >= 0.6 is 0 Å². The summed E-state index contributed by atoms with van der Waals surface area (Å²) in [7, 11) is 0. The molecular weight excluding hydrogens is 368 g/mol. The summed E-state index contributed by atoms with van der Waals surface area (Å²) in [5.41, 5.74) is 1.75. The molecule has 1 N–H and O–H groups in total. The highest BCUT2D eigenvalue weighted by atomic mass is 16.5. The molecule has 1 heterocycles. The number of rotatable bonds is 6. The van der Waals surface area contributed by atoms with Crippen molar-refractivity contribution in [1.29, 1.82) is 0 Å². The number of esters is 1. The number of aliphatic carboxylic acids is 1. The fourth-order valence-corrected chi connectivity index (χ4v) is 4.74. The average Bonchev–Trinajstić information content (AvgIpc) is 2.73. The zero-order chi connectivity index (χ0) is 20.2. The first kappa shape index (κ1) is 19.6. The van der Waals surface area contributed by atoms with E-state index in [1.54, 1.807) is 0 Å². The Balaban J connectivity index is 1.60. The van der Waals surface area contributed by atoms with E-state index in [1.165, 1.54) is 0 Å². The lowest BCUT2D eigenvalue weighted by Gasteiger charge is -2.49. The molecule has 2 aromatic carbocycles. The van der Waals surface area contributed by atoms with Gasteiger partial charge in [-0.05, 0) is 29.9 Å². The smallest absolute Gasteiger partial charge is 0.310 e. The molecule has 29 heavy (non-hydrogen) atoms. The molecule has 4 rings (SSSR count). The Labute approximate surface area is 170 Å². The van der Waals surface area contributed by atoms with E-state index in [9.17, 15) is 14.7 Å². The third-order valence-electron chi connectivity index (χ3n) is 6.28. The predicted octanol–water partition coefficient (Wildman–Crippen LogP) is 3.85. The molecule has 0 bridgehead atoms. The van der Waals surface area contributed by atoms with Crippen molar-refractivity contribution in [3.05, 3.63) is 71.8 Å². The molecule has 152 valence electrons. The van der Waals surface area contributed by atoms with Crippen molar-refractivity contribution >= 4 is 11.9 Å². The van der Waals surface area contributed by atoms with E-state index in [0.29, 0.717) is 25.7 Å². The van der Waals surface area contributed by atoms with Crippen LogP contribution in [0.5, 0.6) is 0 Å². The number of carboxylic acids is 1. The van der Waals surface area contributed by atoms with Gasteiger partial charge in [0.25, 0.3) is 0 Å². The van der Waals surface area contributed by atoms with Crippen molar-refractivity contribution in [3.8, 4) is 0 Å². The normalized spacial score (nSPS) is 27.0. The van der Waals surface area contributed by atoms with Crippen LogP contribution in [0, 0.1) is 17.8 Å². The molecule has 2 fully saturated rings. The minimum atomic E-state index is -0.874. The first-order valence-electron chi connectivity index (χ1n) is 10.2. The largest absolute Gasteiger partial charge is 0.481 e. The lowest BCUT2D eigenvalue weighted by atomic mass is 9.52. The Morgan fingerprint density at radius 2 is 1.38 bits per heavy atom. The minimum absolute atomic E-state index is 0.295. The summed E-state index contributed by atoms with van der Waals surface area (Å²) in [6.45, 7) is 1.78. The number of benzene rings is 2. The standard InChI is InChI=1S/C24H26O5/c25-23(26)21-19(17-7-3-1-4-8-17)22(20(21)18-9-5-2-6-10-18)24(27)29-15-16-11-13-28-14-12-16/h1-10,16,19-22H,11-15H2,(H,25,26)/t19-,20-,21?,22?/m0/s1. The third kappa shape index (κ3) is 4.06. The Kier molecular flexibility index (Phi) is 5.95. The summed E-state index contributed by atoms with van der Waals surface area (Å²) < 4.78 is 11.1. The molecule has 1 saturated carbocycles. The molecule has 1 aliphatic carbocycles. The number of ether oxygens (including phenoxy) is 2. The first-order valence-corrected chi connectivity index (χ1v) is 10.2. The van der Waals surface area contributed by atoms with Gasteiger partial charge in [-0.1, -0.05) is 60.7 Å². The van der Waals surface area contributed by atoms with Crippen LogP contribution in [0.4, 0.5) is 0 Å². The number of carbonyl (C=O) groups is 2. The molecule has 0 amide bonds. The average molecular weight is 394 g/mol. The van der Waals surface area contributed by atoms with E-state index in [4.69, 9.17) is 9.47 Å². The van der Waals surface area contributed by atoms with Crippen LogP contribution in [0.1, 0.15) is 35.8 Å². The summed E-state index contributed by atoms with van der Waals surface area (Å²) in [5.74, 6) is -2.78. The van der Waals surface area contributed by atoms with E-state index < -0.39 is 17.8 Å². The van der Waals surface area contributed by atoms with Crippen molar-refractivity contribution in [2.45, 2.75) is 24.7 Å². The highest BCUT2D eigenvalue weighted by Gasteiger charge is 2.59. The molecule has 2 atom stereocenters. The molecule has 1 aliphatic heterocycles. The Morgan fingerprint density at radius 3 is 1.86 bits per heavy atom. The highest BCUT2D eigenvalue weighted by molar-refractivity contribution is 5.84. The lowest BCUT2D eigenvalue weighted by Crippen LogP contribution is -2.51. The predicted molar refractivity (Wildman–Crippen MR) is 107 cm³/mol. The second-order valence-corrected chi connectivity index (χ2v) is 7.95. The zero-order valence-electron chi connectivity index (χ0n) is 16.3. The summed E-state index contributed by atoms with van der Waals surface area (Å²) in [4.78, 5) is 25.3. The van der Waals surface area contributed by atoms with Gasteiger partial charge in [-0.25, -0.2) is 0 Å². The number of hydrogen-bond donors (Lipinski definition) is 1. The summed E-state index contributed by atoms with van der Waals surface area (Å²) in [6, 6.07) is 18.9. The van der Waals surface area contributed by atoms with Gasteiger partial charge in [0.05, 0.1) is 18.4 Å². The van der Waals surface area contributed by atoms with Gasteiger partial charge in [0.2, 0.25) is 0 Å². The van der Waals surface area contributed by atoms with Gasteiger partial charge in [-0.15, -0.1) is 0 Å². The van der Waals surface area contributed by atoms with Gasteiger partial charge in [-0.2, -0.15) is 0 Å². The van der Waals surface area contributed by atoms with Crippen LogP contribution in [0.25, 0.3) is 0 Å². The van der Waals surface area contributed by atoms with Crippen LogP contribution in [0.2, 0.25) is 0 Å². The molecule has 0 aromatic heterocycles. The van der Waals surface area contributed by atoms with Crippen molar-refractivity contribution < 1.29 is 24.2 Å². The maximum Gasteiger partial charge on any atom is 0.310 e. The Morgan fingerprint density at radius 1 is 0.862 bits per heavy atom.